The van der Waals surface area contributed by atoms with E-state index in [1.807, 2.05) is 0 Å². The quantitative estimate of drug-likeness (QED) is 0.503. The predicted molar refractivity (Wildman–Crippen MR) is 55.4 cm³/mol. The van der Waals surface area contributed by atoms with Crippen LogP contribution in [0.25, 0.3) is 0 Å². The molecule has 2 saturated carbocycles. The molecule has 2 bridgehead atoms. The fraction of sp³-hybridized carbons (Fsp3) is 1.00. The van der Waals surface area contributed by atoms with Crippen molar-refractivity contribution in [1.82, 2.24) is 4.90 Å². The van der Waals surface area contributed by atoms with Gasteiger partial charge in [0.2, 0.25) is 3.79 Å². The van der Waals surface area contributed by atoms with Crippen LogP contribution in [0.3, 0.4) is 0 Å². The molecule has 0 spiro atoms. The lowest BCUT2D eigenvalue weighted by atomic mass is 10.0. The minimum Gasteiger partial charge on any atom is -0.289 e. The molecule has 3 aliphatic rings. The Balaban J connectivity index is 1.67. The first-order valence-electron chi connectivity index (χ1n) is 4.89. The van der Waals surface area contributed by atoms with Crippen LogP contribution in [0.5, 0.6) is 0 Å². The van der Waals surface area contributed by atoms with Crippen molar-refractivity contribution in [3.05, 3.63) is 0 Å². The molecular weight excluding hydrogens is 228 g/mol. The van der Waals surface area contributed by atoms with E-state index >= 15 is 0 Å². The van der Waals surface area contributed by atoms with Gasteiger partial charge in [-0.05, 0) is 31.1 Å². The summed E-state index contributed by atoms with van der Waals surface area (Å²) in [6.07, 6.45) is 4.25. The van der Waals surface area contributed by atoms with Crippen molar-refractivity contribution in [2.45, 2.75) is 35.1 Å². The number of nitrogens with zero attached hydrogens (tertiary/aromatic N) is 1. The smallest absolute Gasteiger partial charge is 0.203 e. The molecule has 1 aliphatic heterocycles. The zero-order valence-corrected chi connectivity index (χ0v) is 9.49. The number of hydrogen-bond acceptors (Lipinski definition) is 1. The highest BCUT2D eigenvalue weighted by Crippen LogP contribution is 2.59. The minimum atomic E-state index is -1.08. The number of piperidine rings is 1. The predicted octanol–water partition coefficient (Wildman–Crippen LogP) is 2.84. The van der Waals surface area contributed by atoms with Gasteiger partial charge in [-0.25, -0.2) is 0 Å². The van der Waals surface area contributed by atoms with Crippen molar-refractivity contribution in [3.8, 4) is 0 Å². The van der Waals surface area contributed by atoms with E-state index in [1.54, 1.807) is 0 Å². The lowest BCUT2D eigenvalue weighted by molar-refractivity contribution is 0.364. The van der Waals surface area contributed by atoms with Crippen molar-refractivity contribution in [1.29, 1.82) is 0 Å². The van der Waals surface area contributed by atoms with Crippen molar-refractivity contribution in [2.75, 3.05) is 6.54 Å². The molecule has 1 heterocycles. The summed E-state index contributed by atoms with van der Waals surface area (Å²) in [5.41, 5.74) is 0. The second-order valence-electron chi connectivity index (χ2n) is 4.60. The van der Waals surface area contributed by atoms with Gasteiger partial charge in [-0.2, -0.15) is 0 Å². The van der Waals surface area contributed by atoms with Crippen LogP contribution in [0, 0.1) is 11.8 Å². The Morgan fingerprint density at radius 1 is 1.08 bits per heavy atom. The molecule has 0 amide bonds. The number of fused-ring (bicyclic) bond motifs is 5. The normalized spacial score (nSPS) is 52.4. The van der Waals surface area contributed by atoms with Gasteiger partial charge >= 0.3 is 0 Å². The molecular formula is C9H12Cl3N. The van der Waals surface area contributed by atoms with E-state index in [0.29, 0.717) is 6.54 Å². The average Bonchev–Trinajstić information content (AvgIpc) is 2.41. The van der Waals surface area contributed by atoms with Gasteiger partial charge in [0.05, 0.1) is 0 Å². The zero-order valence-electron chi connectivity index (χ0n) is 7.22. The third-order valence-electron chi connectivity index (χ3n) is 3.87. The molecule has 0 aromatic heterocycles. The Kier molecular flexibility index (Phi) is 1.88. The standard InChI is InChI=1S/C9H12Cl3N/c10-9(11,12)4-13-7-5-1-2-6(3-5)8(7)13/h5-8H,1-4H2. The van der Waals surface area contributed by atoms with Gasteiger partial charge in [-0.1, -0.05) is 34.8 Å². The number of alkyl halides is 3. The van der Waals surface area contributed by atoms with Gasteiger partial charge in [0.1, 0.15) is 0 Å². The van der Waals surface area contributed by atoms with E-state index in [1.165, 1.54) is 19.3 Å². The van der Waals surface area contributed by atoms with Gasteiger partial charge in [-0.3, -0.25) is 4.90 Å². The van der Waals surface area contributed by atoms with Crippen LogP contribution in [0.1, 0.15) is 19.3 Å². The summed E-state index contributed by atoms with van der Waals surface area (Å²) in [4.78, 5) is 2.39. The first-order valence-corrected chi connectivity index (χ1v) is 6.02. The fourth-order valence-corrected chi connectivity index (χ4v) is 3.92. The van der Waals surface area contributed by atoms with Gasteiger partial charge in [0, 0.05) is 18.6 Å². The Morgan fingerprint density at radius 3 is 2.08 bits per heavy atom. The first-order chi connectivity index (χ1) is 6.06. The molecule has 74 valence electrons. The molecule has 0 radical (unpaired) electrons. The highest BCUT2D eigenvalue weighted by Gasteiger charge is 2.64. The lowest BCUT2D eigenvalue weighted by Crippen LogP contribution is -2.23. The third kappa shape index (κ3) is 1.40. The van der Waals surface area contributed by atoms with Crippen LogP contribution in [0.2, 0.25) is 0 Å². The molecule has 1 nitrogen and oxygen atoms in total. The maximum Gasteiger partial charge on any atom is 0.203 e. The molecule has 2 aliphatic carbocycles. The van der Waals surface area contributed by atoms with Crippen LogP contribution >= 0.6 is 34.8 Å². The lowest BCUT2D eigenvalue weighted by Gasteiger charge is -2.16. The van der Waals surface area contributed by atoms with Crippen molar-refractivity contribution in [2.24, 2.45) is 11.8 Å². The Hall–Kier alpha value is 0.830. The van der Waals surface area contributed by atoms with Crippen LogP contribution in [-0.2, 0) is 0 Å². The largest absolute Gasteiger partial charge is 0.289 e. The van der Waals surface area contributed by atoms with E-state index in [2.05, 4.69) is 4.90 Å². The second kappa shape index (κ2) is 2.69. The molecule has 1 saturated heterocycles. The number of hydrogen-bond donors (Lipinski definition) is 0. The Morgan fingerprint density at radius 2 is 1.62 bits per heavy atom. The monoisotopic (exact) mass is 239 g/mol. The zero-order chi connectivity index (χ0) is 9.22. The molecule has 4 heteroatoms. The van der Waals surface area contributed by atoms with E-state index in [0.717, 1.165) is 23.9 Å². The summed E-state index contributed by atoms with van der Waals surface area (Å²) in [6.45, 7) is 0.625. The maximum atomic E-state index is 5.78. The summed E-state index contributed by atoms with van der Waals surface area (Å²) < 4.78 is -1.08. The molecule has 13 heavy (non-hydrogen) atoms. The van der Waals surface area contributed by atoms with E-state index in [4.69, 9.17) is 34.8 Å². The molecule has 4 unspecified atom stereocenters. The highest BCUT2D eigenvalue weighted by molar-refractivity contribution is 6.67. The average molecular weight is 241 g/mol. The molecule has 0 aromatic rings. The van der Waals surface area contributed by atoms with Crippen LogP contribution in [-0.4, -0.2) is 27.3 Å². The second-order valence-corrected chi connectivity index (χ2v) is 7.12. The van der Waals surface area contributed by atoms with Crippen LogP contribution < -0.4 is 0 Å². The van der Waals surface area contributed by atoms with Crippen molar-refractivity contribution < 1.29 is 0 Å². The third-order valence-corrected chi connectivity index (χ3v) is 4.23. The van der Waals surface area contributed by atoms with Gasteiger partial charge < -0.3 is 0 Å². The van der Waals surface area contributed by atoms with E-state index in [-0.39, 0.29) is 0 Å². The van der Waals surface area contributed by atoms with Crippen LogP contribution in [0.15, 0.2) is 0 Å². The number of halogens is 3. The SMILES string of the molecule is ClC(Cl)(Cl)CN1C2C3CCC(C3)C21. The Bertz CT molecular complexity index is 222. The minimum absolute atomic E-state index is 0.625. The molecule has 4 atom stereocenters. The van der Waals surface area contributed by atoms with Crippen molar-refractivity contribution >= 4 is 34.8 Å². The van der Waals surface area contributed by atoms with Crippen LogP contribution in [0.4, 0.5) is 0 Å². The summed E-state index contributed by atoms with van der Waals surface area (Å²) >= 11 is 17.4. The first kappa shape index (κ1) is 9.08. The molecule has 3 fully saturated rings. The summed E-state index contributed by atoms with van der Waals surface area (Å²) in [6, 6.07) is 1.55. The summed E-state index contributed by atoms with van der Waals surface area (Å²) in [7, 11) is 0. The van der Waals surface area contributed by atoms with Gasteiger partial charge in [0.25, 0.3) is 0 Å². The van der Waals surface area contributed by atoms with E-state index < -0.39 is 3.79 Å². The van der Waals surface area contributed by atoms with E-state index in [9.17, 15) is 0 Å². The molecule has 0 N–H and O–H groups in total. The topological polar surface area (TPSA) is 3.01 Å². The number of rotatable bonds is 1. The number of likely N-dealkylation sites (tertiary alicyclic amines) is 1. The fourth-order valence-electron chi connectivity index (χ4n) is 3.51. The van der Waals surface area contributed by atoms with Gasteiger partial charge in [-0.15, -0.1) is 0 Å². The Labute approximate surface area is 93.3 Å². The highest BCUT2D eigenvalue weighted by atomic mass is 35.6. The van der Waals surface area contributed by atoms with Crippen molar-refractivity contribution in [3.63, 3.8) is 0 Å². The molecule has 0 aromatic carbocycles. The maximum absolute atomic E-state index is 5.78. The summed E-state index contributed by atoms with van der Waals surface area (Å²) in [5.74, 6) is 1.84. The molecule has 3 rings (SSSR count). The van der Waals surface area contributed by atoms with Gasteiger partial charge in [0.15, 0.2) is 0 Å². The summed E-state index contributed by atoms with van der Waals surface area (Å²) in [5, 5.41) is 0.